The summed E-state index contributed by atoms with van der Waals surface area (Å²) >= 11 is 15.1. The quantitative estimate of drug-likeness (QED) is 0.188. The highest BCUT2D eigenvalue weighted by Crippen LogP contribution is 2.34. The number of imidazole rings is 1. The molecule has 0 amide bonds. The number of nitrogens with zero attached hydrogens (tertiary/aromatic N) is 2. The van der Waals surface area contributed by atoms with Crippen molar-refractivity contribution in [2.24, 2.45) is 0 Å². The van der Waals surface area contributed by atoms with E-state index in [0.29, 0.717) is 28.8 Å². The molecule has 2 aromatic carbocycles. The first kappa shape index (κ1) is 22.1. The van der Waals surface area contributed by atoms with Crippen LogP contribution in [-0.4, -0.2) is 22.5 Å². The number of hydrogen-bond donors (Lipinski definition) is 1. The molecule has 0 aliphatic rings. The van der Waals surface area contributed by atoms with Crippen LogP contribution in [0.25, 0.3) is 4.96 Å². The van der Waals surface area contributed by atoms with Gasteiger partial charge in [-0.05, 0) is 29.8 Å². The molecule has 0 saturated heterocycles. The van der Waals surface area contributed by atoms with Crippen molar-refractivity contribution in [2.75, 3.05) is 7.11 Å². The van der Waals surface area contributed by atoms with E-state index < -0.39 is 0 Å². The first-order valence-electron chi connectivity index (χ1n) is 9.14. The molecule has 4 aromatic rings. The van der Waals surface area contributed by atoms with E-state index in [1.165, 1.54) is 30.2 Å². The summed E-state index contributed by atoms with van der Waals surface area (Å²) in [6, 6.07) is 12.6. The fourth-order valence-corrected chi connectivity index (χ4v) is 5.41. The molecule has 0 bridgehead atoms. The largest absolute Gasteiger partial charge is 0.465 e. The Morgan fingerprint density at radius 1 is 1.26 bits per heavy atom. The standard InChI is InChI=1S/C21H17Cl2N3O3S2/c1-28-20(27)16-4-2-3-5-18(16)31-19-12-30-21-24-9-15(26(19)21)10-25-29-11-13-6-7-14(22)8-17(13)23/h2-9,12,25H,10-11H2,1H3. The Morgan fingerprint density at radius 2 is 2.10 bits per heavy atom. The maximum absolute atomic E-state index is 12.1. The highest BCUT2D eigenvalue weighted by atomic mass is 35.5. The van der Waals surface area contributed by atoms with Crippen molar-refractivity contribution in [1.29, 1.82) is 0 Å². The minimum absolute atomic E-state index is 0.301. The van der Waals surface area contributed by atoms with Gasteiger partial charge in [-0.15, -0.1) is 11.3 Å². The highest BCUT2D eigenvalue weighted by Gasteiger charge is 2.16. The van der Waals surface area contributed by atoms with Crippen LogP contribution in [0.5, 0.6) is 0 Å². The summed E-state index contributed by atoms with van der Waals surface area (Å²) in [4.78, 5) is 23.8. The van der Waals surface area contributed by atoms with Crippen LogP contribution in [0.2, 0.25) is 10.0 Å². The van der Waals surface area contributed by atoms with E-state index in [0.717, 1.165) is 26.1 Å². The van der Waals surface area contributed by atoms with Crippen LogP contribution in [0.1, 0.15) is 21.6 Å². The van der Waals surface area contributed by atoms with E-state index >= 15 is 0 Å². The second-order valence-corrected chi connectivity index (χ2v) is 9.12. The summed E-state index contributed by atoms with van der Waals surface area (Å²) in [5, 5.41) is 4.10. The van der Waals surface area contributed by atoms with Crippen molar-refractivity contribution >= 4 is 57.2 Å². The number of hydrogen-bond acceptors (Lipinski definition) is 7. The van der Waals surface area contributed by atoms with E-state index in [1.807, 2.05) is 34.0 Å². The number of carbonyl (C=O) groups excluding carboxylic acids is 1. The monoisotopic (exact) mass is 493 g/mol. The van der Waals surface area contributed by atoms with Crippen molar-refractivity contribution in [1.82, 2.24) is 14.9 Å². The van der Waals surface area contributed by atoms with Crippen LogP contribution in [-0.2, 0) is 22.7 Å². The molecule has 160 valence electrons. The maximum Gasteiger partial charge on any atom is 0.339 e. The van der Waals surface area contributed by atoms with Crippen molar-refractivity contribution in [3.05, 3.63) is 80.9 Å². The van der Waals surface area contributed by atoms with Gasteiger partial charge in [0.1, 0.15) is 0 Å². The zero-order valence-corrected chi connectivity index (χ0v) is 19.4. The zero-order valence-electron chi connectivity index (χ0n) is 16.3. The third-order valence-corrected chi connectivity index (χ3v) is 7.05. The number of esters is 1. The molecule has 0 atom stereocenters. The number of ether oxygens (including phenoxy) is 1. The molecule has 0 radical (unpaired) electrons. The smallest absolute Gasteiger partial charge is 0.339 e. The zero-order chi connectivity index (χ0) is 21.8. The second-order valence-electron chi connectivity index (χ2n) is 6.38. The lowest BCUT2D eigenvalue weighted by molar-refractivity contribution is 0.0227. The molecule has 0 aliphatic carbocycles. The SMILES string of the molecule is COC(=O)c1ccccc1Sc1csc2ncc(CNOCc3ccc(Cl)cc3Cl)n12. The molecule has 0 unspecified atom stereocenters. The third kappa shape index (κ3) is 5.06. The Morgan fingerprint density at radius 3 is 2.90 bits per heavy atom. The number of carbonyl (C=O) groups is 1. The Labute approximate surface area is 197 Å². The lowest BCUT2D eigenvalue weighted by Crippen LogP contribution is -2.15. The van der Waals surface area contributed by atoms with Crippen LogP contribution < -0.4 is 5.48 Å². The van der Waals surface area contributed by atoms with Gasteiger partial charge in [-0.1, -0.05) is 53.2 Å². The van der Waals surface area contributed by atoms with E-state index in [2.05, 4.69) is 10.5 Å². The van der Waals surface area contributed by atoms with Gasteiger partial charge in [0, 0.05) is 20.3 Å². The molecule has 10 heteroatoms. The van der Waals surface area contributed by atoms with Crippen molar-refractivity contribution < 1.29 is 14.4 Å². The van der Waals surface area contributed by atoms with Gasteiger partial charge in [0.2, 0.25) is 0 Å². The fraction of sp³-hybridized carbons (Fsp3) is 0.143. The molecule has 0 spiro atoms. The summed E-state index contributed by atoms with van der Waals surface area (Å²) in [6.07, 6.45) is 1.80. The molecule has 1 N–H and O–H groups in total. The predicted molar refractivity (Wildman–Crippen MR) is 123 cm³/mol. The number of fused-ring (bicyclic) bond motifs is 1. The Kier molecular flexibility index (Phi) is 7.16. The average molecular weight is 494 g/mol. The molecule has 31 heavy (non-hydrogen) atoms. The van der Waals surface area contributed by atoms with E-state index in [1.54, 1.807) is 24.4 Å². The number of halogens is 2. The molecular formula is C21H17Cl2N3O3S2. The normalized spacial score (nSPS) is 11.2. The first-order chi connectivity index (χ1) is 15.1. The topological polar surface area (TPSA) is 64.9 Å². The van der Waals surface area contributed by atoms with Gasteiger partial charge in [0.25, 0.3) is 0 Å². The number of benzene rings is 2. The van der Waals surface area contributed by atoms with Crippen LogP contribution >= 0.6 is 46.3 Å². The summed E-state index contributed by atoms with van der Waals surface area (Å²) < 4.78 is 6.93. The van der Waals surface area contributed by atoms with E-state index in [9.17, 15) is 4.79 Å². The van der Waals surface area contributed by atoms with Crippen molar-refractivity contribution in [3.63, 3.8) is 0 Å². The molecule has 0 aliphatic heterocycles. The van der Waals surface area contributed by atoms with Crippen LogP contribution in [0.15, 0.2) is 64.0 Å². The number of rotatable bonds is 8. The summed E-state index contributed by atoms with van der Waals surface area (Å²) in [5.41, 5.74) is 5.25. The Bertz CT molecular complexity index is 1230. The summed E-state index contributed by atoms with van der Waals surface area (Å²) in [5.74, 6) is -0.364. The number of nitrogens with one attached hydrogen (secondary N) is 1. The van der Waals surface area contributed by atoms with Gasteiger partial charge in [-0.3, -0.25) is 9.24 Å². The molecule has 4 rings (SSSR count). The summed E-state index contributed by atoms with van der Waals surface area (Å²) in [6.45, 7) is 0.741. The molecule has 2 heterocycles. The van der Waals surface area contributed by atoms with Gasteiger partial charge < -0.3 is 4.74 Å². The van der Waals surface area contributed by atoms with E-state index in [-0.39, 0.29) is 5.97 Å². The minimum atomic E-state index is -0.364. The van der Waals surface area contributed by atoms with Gasteiger partial charge in [-0.2, -0.15) is 5.48 Å². The molecule has 0 saturated carbocycles. The Hall–Kier alpha value is -2.07. The maximum atomic E-state index is 12.1. The molecule has 2 aromatic heterocycles. The van der Waals surface area contributed by atoms with Crippen molar-refractivity contribution in [2.45, 2.75) is 23.1 Å². The minimum Gasteiger partial charge on any atom is -0.465 e. The highest BCUT2D eigenvalue weighted by molar-refractivity contribution is 7.99. The lowest BCUT2D eigenvalue weighted by Gasteiger charge is -2.09. The molecular weight excluding hydrogens is 477 g/mol. The predicted octanol–water partition coefficient (Wildman–Crippen LogP) is 5.86. The van der Waals surface area contributed by atoms with Gasteiger partial charge in [0.05, 0.1) is 42.7 Å². The fourth-order valence-electron chi connectivity index (χ4n) is 2.88. The van der Waals surface area contributed by atoms with Crippen LogP contribution in [0.3, 0.4) is 0 Å². The Balaban J connectivity index is 1.46. The number of methoxy groups -OCH3 is 1. The lowest BCUT2D eigenvalue weighted by atomic mass is 10.2. The molecule has 0 fully saturated rings. The van der Waals surface area contributed by atoms with Gasteiger partial charge in [-0.25, -0.2) is 9.78 Å². The van der Waals surface area contributed by atoms with Crippen LogP contribution in [0.4, 0.5) is 0 Å². The summed E-state index contributed by atoms with van der Waals surface area (Å²) in [7, 11) is 1.38. The van der Waals surface area contributed by atoms with Gasteiger partial charge in [0.15, 0.2) is 4.96 Å². The number of thiazole rings is 1. The average Bonchev–Trinajstić information content (AvgIpc) is 3.35. The first-order valence-corrected chi connectivity index (χ1v) is 11.6. The van der Waals surface area contributed by atoms with E-state index in [4.69, 9.17) is 32.8 Å². The van der Waals surface area contributed by atoms with Crippen LogP contribution in [0, 0.1) is 0 Å². The number of hydroxylamine groups is 1. The van der Waals surface area contributed by atoms with Crippen molar-refractivity contribution in [3.8, 4) is 0 Å². The molecule has 6 nitrogen and oxygen atoms in total. The van der Waals surface area contributed by atoms with Gasteiger partial charge >= 0.3 is 5.97 Å². The second kappa shape index (κ2) is 10.0. The third-order valence-electron chi connectivity index (χ3n) is 4.39. The number of aromatic nitrogens is 2.